The predicted molar refractivity (Wildman–Crippen MR) is 65.7 cm³/mol. The molecule has 0 saturated heterocycles. The maximum atomic E-state index is 11.5. The summed E-state index contributed by atoms with van der Waals surface area (Å²) in [6, 6.07) is 5.17. The number of hydrogen-bond acceptors (Lipinski definition) is 3. The minimum absolute atomic E-state index is 0.0230. The van der Waals surface area contributed by atoms with E-state index in [0.717, 1.165) is 18.7 Å². The lowest BCUT2D eigenvalue weighted by Crippen LogP contribution is -2.20. The molecule has 2 N–H and O–H groups in total. The van der Waals surface area contributed by atoms with Gasteiger partial charge in [-0.05, 0) is 12.6 Å². The van der Waals surface area contributed by atoms with Gasteiger partial charge in [0.2, 0.25) is 0 Å². The van der Waals surface area contributed by atoms with Crippen LogP contribution in [0.2, 0.25) is 0 Å². The van der Waals surface area contributed by atoms with Crippen LogP contribution in [0.15, 0.2) is 41.7 Å². The maximum Gasteiger partial charge on any atom is 0.250 e. The van der Waals surface area contributed by atoms with Gasteiger partial charge >= 0.3 is 0 Å². The van der Waals surface area contributed by atoms with E-state index in [1.54, 1.807) is 29.2 Å². The minimum atomic E-state index is 0.0230. The molecule has 90 valence electrons. The first-order chi connectivity index (χ1) is 8.29. The number of nitrogens with two attached hydrogens (primary N) is 1. The Bertz CT molecular complexity index is 529. The van der Waals surface area contributed by atoms with Gasteiger partial charge < -0.3 is 14.9 Å². The van der Waals surface area contributed by atoms with Crippen molar-refractivity contribution >= 4 is 0 Å². The summed E-state index contributed by atoms with van der Waals surface area (Å²) in [5.74, 6) is 0. The summed E-state index contributed by atoms with van der Waals surface area (Å²) >= 11 is 0. The fourth-order valence-electron chi connectivity index (χ4n) is 1.67. The first kappa shape index (κ1) is 11.6. The Morgan fingerprint density at radius 2 is 2.18 bits per heavy atom. The molecule has 0 atom stereocenters. The van der Waals surface area contributed by atoms with Gasteiger partial charge in [0.05, 0.1) is 12.0 Å². The van der Waals surface area contributed by atoms with Crippen molar-refractivity contribution in [3.05, 3.63) is 53.0 Å². The Labute approximate surface area is 99.5 Å². The second kappa shape index (κ2) is 5.45. The van der Waals surface area contributed by atoms with Crippen LogP contribution in [0.5, 0.6) is 0 Å². The lowest BCUT2D eigenvalue weighted by molar-refractivity contribution is 0.564. The Morgan fingerprint density at radius 3 is 2.94 bits per heavy atom. The second-order valence-corrected chi connectivity index (χ2v) is 3.87. The predicted octanol–water partition coefficient (Wildman–Crippen LogP) is 0.246. The van der Waals surface area contributed by atoms with Crippen LogP contribution in [0.25, 0.3) is 0 Å². The molecule has 5 nitrogen and oxygen atoms in total. The molecule has 0 bridgehead atoms. The van der Waals surface area contributed by atoms with Gasteiger partial charge in [-0.2, -0.15) is 0 Å². The highest BCUT2D eigenvalue weighted by atomic mass is 16.1. The van der Waals surface area contributed by atoms with Crippen LogP contribution < -0.4 is 11.3 Å². The van der Waals surface area contributed by atoms with Gasteiger partial charge in [-0.25, -0.2) is 4.98 Å². The van der Waals surface area contributed by atoms with E-state index in [-0.39, 0.29) is 5.56 Å². The molecule has 5 heteroatoms. The lowest BCUT2D eigenvalue weighted by atomic mass is 10.3. The molecule has 17 heavy (non-hydrogen) atoms. The highest BCUT2D eigenvalue weighted by Crippen LogP contribution is 1.97. The van der Waals surface area contributed by atoms with E-state index < -0.39 is 0 Å². The smallest absolute Gasteiger partial charge is 0.250 e. The Morgan fingerprint density at radius 1 is 1.29 bits per heavy atom. The highest BCUT2D eigenvalue weighted by molar-refractivity contribution is 4.97. The fraction of sp³-hybridized carbons (Fsp3) is 0.333. The van der Waals surface area contributed by atoms with Crippen LogP contribution in [0, 0.1) is 0 Å². The number of nitrogens with zero attached hydrogens (tertiary/aromatic N) is 3. The molecule has 0 fully saturated rings. The van der Waals surface area contributed by atoms with Crippen LogP contribution in [-0.2, 0) is 19.5 Å². The monoisotopic (exact) mass is 232 g/mol. The molecular formula is C12H16N4O. The van der Waals surface area contributed by atoms with E-state index in [9.17, 15) is 4.79 Å². The van der Waals surface area contributed by atoms with Gasteiger partial charge in [-0.1, -0.05) is 6.07 Å². The fourth-order valence-corrected chi connectivity index (χ4v) is 1.67. The molecule has 0 radical (unpaired) electrons. The first-order valence-corrected chi connectivity index (χ1v) is 5.66. The molecule has 0 unspecified atom stereocenters. The van der Waals surface area contributed by atoms with Crippen LogP contribution in [-0.4, -0.2) is 20.7 Å². The highest BCUT2D eigenvalue weighted by Gasteiger charge is 1.98. The topological polar surface area (TPSA) is 65.8 Å². The molecule has 0 aromatic carbocycles. The van der Waals surface area contributed by atoms with Crippen molar-refractivity contribution in [1.29, 1.82) is 0 Å². The van der Waals surface area contributed by atoms with Gasteiger partial charge in [0.15, 0.2) is 0 Å². The van der Waals surface area contributed by atoms with E-state index in [2.05, 4.69) is 4.98 Å². The summed E-state index contributed by atoms with van der Waals surface area (Å²) in [7, 11) is 0. The van der Waals surface area contributed by atoms with Crippen molar-refractivity contribution in [3.63, 3.8) is 0 Å². The zero-order valence-corrected chi connectivity index (χ0v) is 9.62. The van der Waals surface area contributed by atoms with Gasteiger partial charge in [0, 0.05) is 38.0 Å². The molecule has 2 rings (SSSR count). The molecule has 2 aromatic heterocycles. The number of aromatic nitrogens is 3. The quantitative estimate of drug-likeness (QED) is 0.803. The lowest BCUT2D eigenvalue weighted by Gasteiger charge is -2.05. The summed E-state index contributed by atoms with van der Waals surface area (Å²) < 4.78 is 3.66. The SMILES string of the molecule is NCCc1cn(CCn2ccccc2=O)cn1. The van der Waals surface area contributed by atoms with E-state index in [1.807, 2.05) is 16.8 Å². The number of pyridine rings is 1. The molecule has 0 amide bonds. The van der Waals surface area contributed by atoms with Gasteiger partial charge in [-0.3, -0.25) is 4.79 Å². The van der Waals surface area contributed by atoms with Gasteiger partial charge in [-0.15, -0.1) is 0 Å². The Balaban J connectivity index is 1.98. The number of hydrogen-bond donors (Lipinski definition) is 1. The normalized spacial score (nSPS) is 10.6. The average Bonchev–Trinajstić information content (AvgIpc) is 2.76. The van der Waals surface area contributed by atoms with Crippen molar-refractivity contribution in [2.75, 3.05) is 6.54 Å². The third kappa shape index (κ3) is 3.04. The van der Waals surface area contributed by atoms with E-state index in [1.165, 1.54) is 0 Å². The summed E-state index contributed by atoms with van der Waals surface area (Å²) in [6.07, 6.45) is 6.33. The molecule has 2 aromatic rings. The van der Waals surface area contributed by atoms with E-state index in [0.29, 0.717) is 13.1 Å². The summed E-state index contributed by atoms with van der Waals surface area (Å²) in [5.41, 5.74) is 6.48. The van der Waals surface area contributed by atoms with Crippen molar-refractivity contribution in [2.45, 2.75) is 19.5 Å². The summed E-state index contributed by atoms with van der Waals surface area (Å²) in [6.45, 7) is 1.99. The minimum Gasteiger partial charge on any atom is -0.335 e. The largest absolute Gasteiger partial charge is 0.335 e. The summed E-state index contributed by atoms with van der Waals surface area (Å²) in [4.78, 5) is 15.7. The zero-order valence-electron chi connectivity index (χ0n) is 9.62. The molecule has 0 aliphatic rings. The van der Waals surface area contributed by atoms with Crippen molar-refractivity contribution < 1.29 is 0 Å². The number of aryl methyl sites for hydroxylation is 2. The van der Waals surface area contributed by atoms with Crippen LogP contribution in [0.3, 0.4) is 0 Å². The van der Waals surface area contributed by atoms with Crippen molar-refractivity contribution in [2.24, 2.45) is 5.73 Å². The molecule has 0 aliphatic heterocycles. The molecular weight excluding hydrogens is 216 g/mol. The van der Waals surface area contributed by atoms with Crippen LogP contribution in [0.4, 0.5) is 0 Å². The van der Waals surface area contributed by atoms with Crippen LogP contribution in [0.1, 0.15) is 5.69 Å². The van der Waals surface area contributed by atoms with Crippen LogP contribution >= 0.6 is 0 Å². The Hall–Kier alpha value is -1.88. The van der Waals surface area contributed by atoms with Crippen molar-refractivity contribution in [1.82, 2.24) is 14.1 Å². The van der Waals surface area contributed by atoms with Gasteiger partial charge in [0.1, 0.15) is 0 Å². The Kier molecular flexibility index (Phi) is 3.72. The average molecular weight is 232 g/mol. The zero-order chi connectivity index (χ0) is 12.1. The number of rotatable bonds is 5. The molecule has 0 aliphatic carbocycles. The second-order valence-electron chi connectivity index (χ2n) is 3.87. The molecule has 0 saturated carbocycles. The standard InChI is InChI=1S/C12H16N4O/c13-5-4-11-9-15(10-14-11)7-8-16-6-2-1-3-12(16)17/h1-3,6,9-10H,4-5,7-8,13H2. The van der Waals surface area contributed by atoms with Crippen molar-refractivity contribution in [3.8, 4) is 0 Å². The maximum absolute atomic E-state index is 11.5. The summed E-state index contributed by atoms with van der Waals surface area (Å²) in [5, 5.41) is 0. The third-order valence-electron chi connectivity index (χ3n) is 2.59. The van der Waals surface area contributed by atoms with E-state index in [4.69, 9.17) is 5.73 Å². The first-order valence-electron chi connectivity index (χ1n) is 5.66. The number of imidazole rings is 1. The molecule has 0 spiro atoms. The van der Waals surface area contributed by atoms with Gasteiger partial charge in [0.25, 0.3) is 5.56 Å². The molecule has 2 heterocycles. The third-order valence-corrected chi connectivity index (χ3v) is 2.59. The van der Waals surface area contributed by atoms with E-state index >= 15 is 0 Å².